The number of fused-ring (bicyclic) bond motifs is 1. The Morgan fingerprint density at radius 3 is 2.28 bits per heavy atom. The van der Waals surface area contributed by atoms with Crippen LogP contribution in [0.2, 0.25) is 0 Å². The highest BCUT2D eigenvalue weighted by molar-refractivity contribution is 5.80. The average Bonchev–Trinajstić information content (AvgIpc) is 2.72. The summed E-state index contributed by atoms with van der Waals surface area (Å²) in [5.74, 6) is -0.102. The molecule has 0 saturated heterocycles. The van der Waals surface area contributed by atoms with E-state index < -0.39 is 16.2 Å². The number of phenolic OH excluding ortho intramolecular Hbond substituents is 1. The summed E-state index contributed by atoms with van der Waals surface area (Å²) >= 11 is 0. The molecule has 8 nitrogen and oxygen atoms in total. The topological polar surface area (TPSA) is 107 Å². The molecule has 0 bridgehead atoms. The highest BCUT2D eigenvalue weighted by Crippen LogP contribution is 2.19. The van der Waals surface area contributed by atoms with E-state index in [1.807, 2.05) is 30.3 Å². The van der Waals surface area contributed by atoms with Crippen LogP contribution in [-0.4, -0.2) is 19.2 Å². The van der Waals surface area contributed by atoms with Crippen LogP contribution in [-0.2, 0) is 6.54 Å². The van der Waals surface area contributed by atoms with Gasteiger partial charge in [0.25, 0.3) is 11.2 Å². The SMILES string of the molecule is O=c1c2cc(O)ccc2n(Cc2ccccc2)c(=O)n1-c1ccc([N+](=O)[O-])cc1. The molecule has 0 fully saturated rings. The third kappa shape index (κ3) is 3.27. The summed E-state index contributed by atoms with van der Waals surface area (Å²) < 4.78 is 2.39. The Labute approximate surface area is 163 Å². The molecule has 0 aliphatic heterocycles. The summed E-state index contributed by atoms with van der Waals surface area (Å²) in [4.78, 5) is 36.6. The van der Waals surface area contributed by atoms with Gasteiger partial charge in [0.2, 0.25) is 0 Å². The Morgan fingerprint density at radius 2 is 1.62 bits per heavy atom. The lowest BCUT2D eigenvalue weighted by Gasteiger charge is -2.14. The van der Waals surface area contributed by atoms with E-state index in [-0.39, 0.29) is 29.1 Å². The third-order valence-corrected chi connectivity index (χ3v) is 4.63. The molecular formula is C21H15N3O5. The normalized spacial score (nSPS) is 10.9. The van der Waals surface area contributed by atoms with Gasteiger partial charge in [-0.25, -0.2) is 9.36 Å². The van der Waals surface area contributed by atoms with Crippen LogP contribution in [0.1, 0.15) is 5.56 Å². The fourth-order valence-corrected chi connectivity index (χ4v) is 3.23. The standard InChI is InChI=1S/C21H15N3O5/c25-17-10-11-19-18(12-17)20(26)23(15-6-8-16(9-7-15)24(28)29)21(27)22(19)13-14-4-2-1-3-5-14/h1-12,25H,13H2. The first-order valence-electron chi connectivity index (χ1n) is 8.73. The summed E-state index contributed by atoms with van der Waals surface area (Å²) in [6, 6.07) is 18.7. The lowest BCUT2D eigenvalue weighted by Crippen LogP contribution is -2.39. The van der Waals surface area contributed by atoms with E-state index in [1.54, 1.807) is 0 Å². The lowest BCUT2D eigenvalue weighted by atomic mass is 10.2. The van der Waals surface area contributed by atoms with Crippen molar-refractivity contribution in [3.63, 3.8) is 0 Å². The second kappa shape index (κ2) is 7.08. The van der Waals surface area contributed by atoms with Crippen molar-refractivity contribution in [2.24, 2.45) is 0 Å². The fourth-order valence-electron chi connectivity index (χ4n) is 3.23. The van der Waals surface area contributed by atoms with Crippen molar-refractivity contribution in [1.82, 2.24) is 9.13 Å². The van der Waals surface area contributed by atoms with Crippen LogP contribution >= 0.6 is 0 Å². The third-order valence-electron chi connectivity index (χ3n) is 4.63. The summed E-state index contributed by atoms with van der Waals surface area (Å²) in [5.41, 5.74) is 0.116. The van der Waals surface area contributed by atoms with Gasteiger partial charge in [0.15, 0.2) is 0 Å². The van der Waals surface area contributed by atoms with Gasteiger partial charge in [0.05, 0.1) is 28.1 Å². The molecule has 144 valence electrons. The number of nitro groups is 1. The van der Waals surface area contributed by atoms with Crippen molar-refractivity contribution in [3.8, 4) is 11.4 Å². The van der Waals surface area contributed by atoms with Gasteiger partial charge >= 0.3 is 5.69 Å². The molecule has 1 N–H and O–H groups in total. The Balaban J connectivity index is 2.00. The molecule has 0 amide bonds. The number of nitro benzene ring substituents is 1. The van der Waals surface area contributed by atoms with Crippen LogP contribution in [0.3, 0.4) is 0 Å². The molecule has 0 unspecified atom stereocenters. The molecule has 4 rings (SSSR count). The van der Waals surface area contributed by atoms with Crippen molar-refractivity contribution in [2.75, 3.05) is 0 Å². The minimum atomic E-state index is -0.612. The zero-order valence-corrected chi connectivity index (χ0v) is 15.1. The van der Waals surface area contributed by atoms with Gasteiger partial charge < -0.3 is 5.11 Å². The molecule has 29 heavy (non-hydrogen) atoms. The first-order chi connectivity index (χ1) is 14.0. The first kappa shape index (κ1) is 18.2. The Hall–Kier alpha value is -4.20. The van der Waals surface area contributed by atoms with Crippen molar-refractivity contribution in [2.45, 2.75) is 6.54 Å². The molecule has 0 saturated carbocycles. The van der Waals surface area contributed by atoms with Gasteiger partial charge in [-0.2, -0.15) is 0 Å². The Bertz CT molecular complexity index is 1340. The Kier molecular flexibility index (Phi) is 4.44. The van der Waals surface area contributed by atoms with Gasteiger partial charge in [-0.1, -0.05) is 30.3 Å². The zero-order valence-electron chi connectivity index (χ0n) is 15.1. The predicted octanol–water partition coefficient (Wildman–Crippen LogP) is 2.81. The summed E-state index contributed by atoms with van der Waals surface area (Å²) in [5, 5.41) is 20.9. The van der Waals surface area contributed by atoms with E-state index in [1.165, 1.54) is 47.0 Å². The van der Waals surface area contributed by atoms with Crippen LogP contribution in [0.5, 0.6) is 5.75 Å². The van der Waals surface area contributed by atoms with Gasteiger partial charge in [0.1, 0.15) is 5.75 Å². The van der Waals surface area contributed by atoms with Crippen LogP contribution in [0.4, 0.5) is 5.69 Å². The van der Waals surface area contributed by atoms with Crippen molar-refractivity contribution >= 4 is 16.6 Å². The number of phenols is 1. The molecule has 8 heteroatoms. The van der Waals surface area contributed by atoms with Gasteiger partial charge in [-0.05, 0) is 35.9 Å². The molecule has 0 radical (unpaired) electrons. The zero-order chi connectivity index (χ0) is 20.5. The molecule has 0 aliphatic carbocycles. The number of rotatable bonds is 4. The average molecular weight is 389 g/mol. The number of hydrogen-bond donors (Lipinski definition) is 1. The van der Waals surface area contributed by atoms with Crippen molar-refractivity contribution in [1.29, 1.82) is 0 Å². The van der Waals surface area contributed by atoms with Crippen LogP contribution < -0.4 is 11.2 Å². The van der Waals surface area contributed by atoms with Gasteiger partial charge in [0, 0.05) is 12.1 Å². The van der Waals surface area contributed by atoms with E-state index in [0.29, 0.717) is 5.52 Å². The maximum atomic E-state index is 13.2. The fraction of sp³-hybridized carbons (Fsp3) is 0.0476. The first-order valence-corrected chi connectivity index (χ1v) is 8.73. The van der Waals surface area contributed by atoms with E-state index >= 15 is 0 Å². The summed E-state index contributed by atoms with van der Waals surface area (Å²) in [6.45, 7) is 0.216. The van der Waals surface area contributed by atoms with Crippen molar-refractivity contribution in [3.05, 3.63) is 109 Å². The van der Waals surface area contributed by atoms with Crippen LogP contribution in [0, 0.1) is 10.1 Å². The molecule has 1 heterocycles. The molecule has 0 spiro atoms. The molecule has 0 atom stereocenters. The number of nitrogens with zero attached hydrogens (tertiary/aromatic N) is 3. The summed E-state index contributed by atoms with van der Waals surface area (Å²) in [7, 11) is 0. The van der Waals surface area contributed by atoms with Crippen LogP contribution in [0.25, 0.3) is 16.6 Å². The monoisotopic (exact) mass is 389 g/mol. The molecule has 1 aromatic heterocycles. The Morgan fingerprint density at radius 1 is 0.931 bits per heavy atom. The predicted molar refractivity (Wildman–Crippen MR) is 108 cm³/mol. The number of aromatic nitrogens is 2. The second-order valence-corrected chi connectivity index (χ2v) is 6.47. The van der Waals surface area contributed by atoms with E-state index in [4.69, 9.17) is 0 Å². The van der Waals surface area contributed by atoms with Gasteiger partial charge in [-0.3, -0.25) is 19.5 Å². The maximum Gasteiger partial charge on any atom is 0.336 e. The van der Waals surface area contributed by atoms with Gasteiger partial charge in [-0.15, -0.1) is 0 Å². The second-order valence-electron chi connectivity index (χ2n) is 6.47. The van der Waals surface area contributed by atoms with E-state index in [2.05, 4.69) is 0 Å². The molecule has 3 aromatic carbocycles. The van der Waals surface area contributed by atoms with E-state index in [9.17, 15) is 24.8 Å². The minimum absolute atomic E-state index is 0.102. The summed E-state index contributed by atoms with van der Waals surface area (Å²) in [6.07, 6.45) is 0. The maximum absolute atomic E-state index is 13.2. The lowest BCUT2D eigenvalue weighted by molar-refractivity contribution is -0.384. The van der Waals surface area contributed by atoms with Crippen molar-refractivity contribution < 1.29 is 10.0 Å². The molecular weight excluding hydrogens is 374 g/mol. The largest absolute Gasteiger partial charge is 0.508 e. The number of non-ortho nitro benzene ring substituents is 1. The minimum Gasteiger partial charge on any atom is -0.508 e. The molecule has 0 aliphatic rings. The van der Waals surface area contributed by atoms with E-state index in [0.717, 1.165) is 10.1 Å². The smallest absolute Gasteiger partial charge is 0.336 e. The van der Waals surface area contributed by atoms with Crippen LogP contribution in [0.15, 0.2) is 82.4 Å². The molecule has 4 aromatic rings. The highest BCUT2D eigenvalue weighted by atomic mass is 16.6. The number of hydrogen-bond acceptors (Lipinski definition) is 5. The number of benzene rings is 3. The quantitative estimate of drug-likeness (QED) is 0.427. The highest BCUT2D eigenvalue weighted by Gasteiger charge is 2.16. The number of aromatic hydroxyl groups is 1.